The molecular weight excluding hydrogens is 553 g/mol. The molecule has 0 amide bonds. The highest BCUT2D eigenvalue weighted by atomic mass is 14.3. The van der Waals surface area contributed by atoms with Crippen molar-refractivity contribution in [3.05, 3.63) is 109 Å². The molecule has 0 atom stereocenters. The molecule has 0 saturated heterocycles. The summed E-state index contributed by atoms with van der Waals surface area (Å²) in [6.07, 6.45) is 0. The number of rotatable bonds is 0. The summed E-state index contributed by atoms with van der Waals surface area (Å²) in [6.45, 7) is 0. The van der Waals surface area contributed by atoms with Gasteiger partial charge in [0.2, 0.25) is 0 Å². The Morgan fingerprint density at radius 1 is 0.152 bits per heavy atom. The third-order valence-electron chi connectivity index (χ3n) is 12.7. The Bertz CT molecular complexity index is 3530. The van der Waals surface area contributed by atoms with Gasteiger partial charge in [-0.25, -0.2) is 0 Å². The number of hydrogen-bond donors (Lipinski definition) is 0. The minimum absolute atomic E-state index is 1.35. The number of hydrogen-bond acceptors (Lipinski definition) is 0. The quantitative estimate of drug-likeness (QED) is 0.159. The lowest BCUT2D eigenvalue weighted by atomic mass is 9.89. The van der Waals surface area contributed by atoms with Crippen LogP contribution in [-0.4, -0.2) is 0 Å². The lowest BCUT2D eigenvalue weighted by Gasteiger charge is -2.13. The van der Waals surface area contributed by atoms with Crippen LogP contribution in [0.1, 0.15) is 0 Å². The highest BCUT2D eigenvalue weighted by molar-refractivity contribution is 6.59. The summed E-state index contributed by atoms with van der Waals surface area (Å²) in [5.41, 5.74) is 0. The van der Waals surface area contributed by atoms with E-state index >= 15 is 0 Å². The van der Waals surface area contributed by atoms with E-state index in [1.54, 1.807) is 0 Å². The lowest BCUT2D eigenvalue weighted by molar-refractivity contribution is 1.87. The summed E-state index contributed by atoms with van der Waals surface area (Å²) in [5.74, 6) is 0. The molecule has 0 aromatic heterocycles. The molecule has 46 heavy (non-hydrogen) atoms. The molecule has 0 spiro atoms. The maximum atomic E-state index is 2.47. The van der Waals surface area contributed by atoms with Crippen LogP contribution >= 0.6 is 0 Å². The predicted octanol–water partition coefficient (Wildman–Crippen LogP) is 13.3. The van der Waals surface area contributed by atoms with Crippen LogP contribution in [0.3, 0.4) is 0 Å². The van der Waals surface area contributed by atoms with Crippen molar-refractivity contribution < 1.29 is 0 Å². The van der Waals surface area contributed by atoms with E-state index in [1.807, 2.05) is 0 Å². The Hall–Kier alpha value is -5.98. The summed E-state index contributed by atoms with van der Waals surface area (Å²) in [4.78, 5) is 0. The minimum Gasteiger partial charge on any atom is -0.0610 e. The Balaban J connectivity index is 1.34. The standard InChI is InChI=1S/C46H18/c1-3-19-7-9-23-27-11-13-29-30-14-12-28-24-10-8-20-4-2-6-22-26-16-18-32-44(38(26)36(24)34(20)22)40(28)42(30)46(32)45-31-17-15-25-21(5-1)33(19)35(23)37(25)43(31)39(27)41(29)45/h1-18H. The Labute approximate surface area is 259 Å². The second-order valence-electron chi connectivity index (χ2n) is 14.2. The van der Waals surface area contributed by atoms with Crippen LogP contribution in [-0.2, 0) is 0 Å². The lowest BCUT2D eigenvalue weighted by Crippen LogP contribution is -1.84. The first kappa shape index (κ1) is 20.9. The molecule has 0 nitrogen and oxygen atoms in total. The van der Waals surface area contributed by atoms with E-state index < -0.39 is 0 Å². The maximum Gasteiger partial charge on any atom is -0.000694 e. The molecule has 202 valence electrons. The van der Waals surface area contributed by atoms with E-state index in [4.69, 9.17) is 0 Å². The fourth-order valence-electron chi connectivity index (χ4n) is 11.2. The third-order valence-corrected chi connectivity index (χ3v) is 12.7. The average molecular weight is 571 g/mol. The van der Waals surface area contributed by atoms with Gasteiger partial charge in [0.05, 0.1) is 0 Å². The molecule has 0 heteroatoms. The molecule has 0 aliphatic heterocycles. The predicted molar refractivity (Wildman–Crippen MR) is 201 cm³/mol. The van der Waals surface area contributed by atoms with Gasteiger partial charge in [-0.15, -0.1) is 0 Å². The van der Waals surface area contributed by atoms with Gasteiger partial charge in [-0.3, -0.25) is 0 Å². The van der Waals surface area contributed by atoms with Gasteiger partial charge in [0.15, 0.2) is 0 Å². The van der Waals surface area contributed by atoms with Crippen molar-refractivity contribution in [2.24, 2.45) is 0 Å². The van der Waals surface area contributed by atoms with Crippen LogP contribution in [0.5, 0.6) is 0 Å². The third kappa shape index (κ3) is 1.76. The SMILES string of the molecule is c1cc2ccc3c4ccc5c6ccc7c8ccc9cccc%10c%11ccc%12c(c%11c8c9%10)c7c6c%12c6c7ccc8c(c1)c2c3c8c7c4c56. The summed E-state index contributed by atoms with van der Waals surface area (Å²) in [6, 6.07) is 42.7. The van der Waals surface area contributed by atoms with E-state index in [0.717, 1.165) is 0 Å². The molecule has 0 radical (unpaired) electrons. The fraction of sp³-hybridized carbons (Fsp3) is 0. The minimum atomic E-state index is 1.35. The Morgan fingerprint density at radius 3 is 0.696 bits per heavy atom. The molecule has 0 unspecified atom stereocenters. The Morgan fingerprint density at radius 2 is 0.370 bits per heavy atom. The van der Waals surface area contributed by atoms with E-state index in [9.17, 15) is 0 Å². The molecular formula is C46H18. The van der Waals surface area contributed by atoms with Gasteiger partial charge in [0.1, 0.15) is 0 Å². The summed E-state index contributed by atoms with van der Waals surface area (Å²) >= 11 is 0. The van der Waals surface area contributed by atoms with Gasteiger partial charge in [-0.2, -0.15) is 0 Å². The first-order chi connectivity index (χ1) is 22.9. The van der Waals surface area contributed by atoms with Crippen LogP contribution in [0.15, 0.2) is 109 Å². The molecule has 15 aromatic carbocycles. The number of benzene rings is 11. The zero-order valence-electron chi connectivity index (χ0n) is 24.4. The van der Waals surface area contributed by atoms with Crippen LogP contribution in [0.25, 0.3) is 151 Å². The molecule has 0 heterocycles. The molecule has 0 saturated carbocycles. The second-order valence-corrected chi connectivity index (χ2v) is 14.2. The fourth-order valence-corrected chi connectivity index (χ4v) is 11.2. The largest absolute Gasteiger partial charge is 0.0610 e. The maximum absolute atomic E-state index is 2.47. The smallest absolute Gasteiger partial charge is 0.000694 e. The summed E-state index contributed by atoms with van der Waals surface area (Å²) in [7, 11) is 0. The zero-order valence-corrected chi connectivity index (χ0v) is 24.4. The van der Waals surface area contributed by atoms with Crippen molar-refractivity contribution in [2.45, 2.75) is 0 Å². The highest BCUT2D eigenvalue weighted by Crippen LogP contribution is 2.60. The van der Waals surface area contributed by atoms with Crippen LogP contribution in [0.2, 0.25) is 0 Å². The van der Waals surface area contributed by atoms with E-state index in [2.05, 4.69) is 109 Å². The van der Waals surface area contributed by atoms with Gasteiger partial charge >= 0.3 is 0 Å². The van der Waals surface area contributed by atoms with E-state index in [1.165, 1.54) is 151 Å². The summed E-state index contributed by atoms with van der Waals surface area (Å²) in [5, 5.41) is 39.9. The molecule has 15 aromatic rings. The van der Waals surface area contributed by atoms with Crippen LogP contribution in [0, 0.1) is 0 Å². The van der Waals surface area contributed by atoms with Crippen molar-refractivity contribution in [3.63, 3.8) is 0 Å². The van der Waals surface area contributed by atoms with Crippen molar-refractivity contribution in [1.82, 2.24) is 0 Å². The monoisotopic (exact) mass is 570 g/mol. The van der Waals surface area contributed by atoms with Crippen molar-refractivity contribution in [3.8, 4) is 0 Å². The molecule has 0 aliphatic rings. The molecule has 0 fully saturated rings. The normalized spacial score (nSPS) is 14.1. The number of fused-ring (bicyclic) bond motifs is 8. The summed E-state index contributed by atoms with van der Waals surface area (Å²) < 4.78 is 0. The molecule has 0 aliphatic carbocycles. The second kappa shape index (κ2) is 6.12. The molecule has 0 N–H and O–H groups in total. The van der Waals surface area contributed by atoms with Gasteiger partial charge in [-0.1, -0.05) is 109 Å². The van der Waals surface area contributed by atoms with Gasteiger partial charge in [-0.05, 0) is 151 Å². The first-order valence-corrected chi connectivity index (χ1v) is 16.5. The Kier molecular flexibility index (Phi) is 2.78. The van der Waals surface area contributed by atoms with Crippen LogP contribution < -0.4 is 0 Å². The van der Waals surface area contributed by atoms with Gasteiger partial charge in [0, 0.05) is 0 Å². The molecule has 0 bridgehead atoms. The van der Waals surface area contributed by atoms with Gasteiger partial charge in [0.25, 0.3) is 0 Å². The van der Waals surface area contributed by atoms with Crippen LogP contribution in [0.4, 0.5) is 0 Å². The average Bonchev–Trinajstić information content (AvgIpc) is 3.83. The highest BCUT2D eigenvalue weighted by Gasteiger charge is 2.30. The zero-order chi connectivity index (χ0) is 28.9. The van der Waals surface area contributed by atoms with Crippen molar-refractivity contribution in [1.29, 1.82) is 0 Å². The molecule has 15 rings (SSSR count). The van der Waals surface area contributed by atoms with Gasteiger partial charge < -0.3 is 0 Å². The van der Waals surface area contributed by atoms with Crippen molar-refractivity contribution in [2.75, 3.05) is 0 Å². The topological polar surface area (TPSA) is 0 Å². The van der Waals surface area contributed by atoms with E-state index in [0.29, 0.717) is 0 Å². The first-order valence-electron chi connectivity index (χ1n) is 16.5. The van der Waals surface area contributed by atoms with Crippen molar-refractivity contribution >= 4 is 151 Å². The van der Waals surface area contributed by atoms with E-state index in [-0.39, 0.29) is 0 Å².